The Balaban J connectivity index is 1.31. The maximum Gasteiger partial charge on any atom is 0.137 e. The largest absolute Gasteiger partial charge is 0.496 e. The quantitative estimate of drug-likeness (QED) is 0.863. The Bertz CT molecular complexity index is 855. The van der Waals surface area contributed by atoms with Crippen LogP contribution < -0.4 is 10.1 Å². The highest BCUT2D eigenvalue weighted by molar-refractivity contribution is 5.44. The van der Waals surface area contributed by atoms with Crippen LogP contribution in [0.2, 0.25) is 0 Å². The van der Waals surface area contributed by atoms with Gasteiger partial charge in [0.15, 0.2) is 0 Å². The number of rotatable bonds is 4. The van der Waals surface area contributed by atoms with Gasteiger partial charge in [0.1, 0.15) is 17.4 Å². The van der Waals surface area contributed by atoms with Gasteiger partial charge in [0.25, 0.3) is 0 Å². The molecule has 1 atom stereocenters. The molecule has 3 aliphatic rings. The van der Waals surface area contributed by atoms with Gasteiger partial charge in [-0.25, -0.2) is 0 Å². The number of aryl methyl sites for hydroxylation is 2. The molecule has 0 amide bonds. The molecule has 1 aromatic carbocycles. The molecule has 1 aliphatic carbocycles. The molecule has 5 rings (SSSR count). The molecule has 6 heteroatoms. The molecule has 1 fully saturated rings. The van der Waals surface area contributed by atoms with Crippen molar-refractivity contribution in [1.29, 1.82) is 0 Å². The predicted octanol–water partition coefficient (Wildman–Crippen LogP) is 2.69. The Hall–Kier alpha value is -1.92. The lowest BCUT2D eigenvalue weighted by Crippen LogP contribution is -2.31. The molecule has 0 bridgehead atoms. The average Bonchev–Trinajstić information content (AvgIpc) is 3.08. The lowest BCUT2D eigenvalue weighted by molar-refractivity contribution is 0.264. The van der Waals surface area contributed by atoms with E-state index in [-0.39, 0.29) is 0 Å². The summed E-state index contributed by atoms with van der Waals surface area (Å²) in [6.45, 7) is 6.18. The summed E-state index contributed by atoms with van der Waals surface area (Å²) < 4.78 is 8.17. The van der Waals surface area contributed by atoms with Crippen LogP contribution in [0.3, 0.4) is 0 Å². The molecule has 0 spiro atoms. The van der Waals surface area contributed by atoms with E-state index in [2.05, 4.69) is 37.1 Å². The summed E-state index contributed by atoms with van der Waals surface area (Å²) in [5.74, 6) is 3.92. The van der Waals surface area contributed by atoms with E-state index in [4.69, 9.17) is 4.74 Å². The van der Waals surface area contributed by atoms with Crippen LogP contribution in [0.4, 0.5) is 0 Å². The van der Waals surface area contributed by atoms with E-state index in [0.29, 0.717) is 5.92 Å². The second kappa shape index (κ2) is 8.44. The third-order valence-electron chi connectivity index (χ3n) is 6.95. The fourth-order valence-corrected chi connectivity index (χ4v) is 5.29. The van der Waals surface area contributed by atoms with Crippen molar-refractivity contribution in [3.05, 3.63) is 40.5 Å². The maximum atomic E-state index is 5.77. The first kappa shape index (κ1) is 19.1. The lowest BCUT2D eigenvalue weighted by atomic mass is 9.90. The minimum absolute atomic E-state index is 0.511. The third-order valence-corrected chi connectivity index (χ3v) is 6.95. The molecule has 1 saturated heterocycles. The number of nitrogens with zero attached hydrogens (tertiary/aromatic N) is 4. The summed E-state index contributed by atoms with van der Waals surface area (Å²) in [7, 11) is 1.81. The van der Waals surface area contributed by atoms with Crippen molar-refractivity contribution in [1.82, 2.24) is 25.0 Å². The molecule has 1 aromatic heterocycles. The van der Waals surface area contributed by atoms with Crippen LogP contribution in [0, 0.1) is 0 Å². The topological polar surface area (TPSA) is 55.2 Å². The van der Waals surface area contributed by atoms with E-state index >= 15 is 0 Å². The fraction of sp³-hybridized carbons (Fsp3) is 0.652. The first-order chi connectivity index (χ1) is 14.3. The molecule has 6 nitrogen and oxygen atoms in total. The van der Waals surface area contributed by atoms with Gasteiger partial charge in [0.2, 0.25) is 0 Å². The molecule has 2 aliphatic heterocycles. The summed E-state index contributed by atoms with van der Waals surface area (Å²) in [6.07, 6.45) is 8.46. The van der Waals surface area contributed by atoms with E-state index in [9.17, 15) is 0 Å². The third kappa shape index (κ3) is 3.92. The Kier molecular flexibility index (Phi) is 5.55. The molecule has 0 saturated carbocycles. The molecule has 3 heterocycles. The van der Waals surface area contributed by atoms with Crippen molar-refractivity contribution in [3.8, 4) is 5.75 Å². The van der Waals surface area contributed by atoms with E-state index in [1.165, 1.54) is 61.0 Å². The highest BCUT2D eigenvalue weighted by Crippen LogP contribution is 2.30. The van der Waals surface area contributed by atoms with Crippen LogP contribution in [0.25, 0.3) is 0 Å². The van der Waals surface area contributed by atoms with Crippen molar-refractivity contribution < 1.29 is 4.74 Å². The van der Waals surface area contributed by atoms with Gasteiger partial charge in [-0.15, -0.1) is 10.2 Å². The molecule has 2 aromatic rings. The Morgan fingerprint density at radius 2 is 1.90 bits per heavy atom. The van der Waals surface area contributed by atoms with Crippen molar-refractivity contribution >= 4 is 0 Å². The number of hydrogen-bond acceptors (Lipinski definition) is 5. The smallest absolute Gasteiger partial charge is 0.137 e. The van der Waals surface area contributed by atoms with Crippen molar-refractivity contribution in [2.24, 2.45) is 0 Å². The summed E-state index contributed by atoms with van der Waals surface area (Å²) in [6, 6.07) is 4.71. The van der Waals surface area contributed by atoms with Crippen molar-refractivity contribution in [3.63, 3.8) is 0 Å². The van der Waals surface area contributed by atoms with Crippen LogP contribution in [-0.4, -0.2) is 53.0 Å². The number of fused-ring (bicyclic) bond motifs is 2. The summed E-state index contributed by atoms with van der Waals surface area (Å²) in [5.41, 5.74) is 4.36. The number of methoxy groups -OCH3 is 1. The van der Waals surface area contributed by atoms with Gasteiger partial charge in [-0.2, -0.15) is 0 Å². The minimum atomic E-state index is 0.511. The number of aromatic nitrogens is 3. The highest BCUT2D eigenvalue weighted by atomic mass is 16.5. The van der Waals surface area contributed by atoms with Gasteiger partial charge in [-0.3, -0.25) is 4.90 Å². The van der Waals surface area contributed by atoms with Gasteiger partial charge in [-0.1, -0.05) is 6.07 Å². The van der Waals surface area contributed by atoms with Gasteiger partial charge >= 0.3 is 0 Å². The first-order valence-corrected chi connectivity index (χ1v) is 11.4. The van der Waals surface area contributed by atoms with E-state index in [0.717, 1.165) is 57.3 Å². The van der Waals surface area contributed by atoms with E-state index < -0.39 is 0 Å². The number of benzene rings is 1. The maximum absolute atomic E-state index is 5.77. The Labute approximate surface area is 173 Å². The van der Waals surface area contributed by atoms with Crippen LogP contribution in [-0.2, 0) is 32.4 Å². The molecular formula is C23H33N5O. The minimum Gasteiger partial charge on any atom is -0.496 e. The fourth-order valence-electron chi connectivity index (χ4n) is 5.29. The normalized spacial score (nSPS) is 22.6. The molecule has 0 radical (unpaired) electrons. The SMILES string of the molecule is COc1cc2c(cc1CN1CCc3nnc(C4CCCNC4)n3CC1)CCCC2. The number of hydrogen-bond donors (Lipinski definition) is 1. The lowest BCUT2D eigenvalue weighted by Gasteiger charge is -2.25. The molecule has 156 valence electrons. The molecule has 1 N–H and O–H groups in total. The van der Waals surface area contributed by atoms with Crippen molar-refractivity contribution in [2.75, 3.05) is 33.3 Å². The predicted molar refractivity (Wildman–Crippen MR) is 113 cm³/mol. The van der Waals surface area contributed by atoms with Crippen LogP contribution >= 0.6 is 0 Å². The summed E-state index contributed by atoms with van der Waals surface area (Å²) in [5, 5.41) is 12.7. The Morgan fingerprint density at radius 3 is 2.69 bits per heavy atom. The van der Waals surface area contributed by atoms with Gasteiger partial charge < -0.3 is 14.6 Å². The van der Waals surface area contributed by atoms with Crippen LogP contribution in [0.15, 0.2) is 12.1 Å². The zero-order valence-corrected chi connectivity index (χ0v) is 17.6. The zero-order valence-electron chi connectivity index (χ0n) is 17.6. The average molecular weight is 396 g/mol. The standard InChI is InChI=1S/C23H33N5O/c1-29-21-14-18-6-3-2-5-17(18)13-20(21)16-27-10-8-22-25-26-23(28(22)12-11-27)19-7-4-9-24-15-19/h13-14,19,24H,2-12,15-16H2,1H3. The Morgan fingerprint density at radius 1 is 1.03 bits per heavy atom. The molecule has 1 unspecified atom stereocenters. The zero-order chi connectivity index (χ0) is 19.6. The van der Waals surface area contributed by atoms with Gasteiger partial charge in [0, 0.05) is 50.6 Å². The number of piperidine rings is 1. The van der Waals surface area contributed by atoms with E-state index in [1.54, 1.807) is 0 Å². The molecular weight excluding hydrogens is 362 g/mol. The number of nitrogens with one attached hydrogen (secondary N) is 1. The van der Waals surface area contributed by atoms with Gasteiger partial charge in [-0.05, 0) is 62.3 Å². The number of ether oxygens (including phenoxy) is 1. The van der Waals surface area contributed by atoms with Crippen LogP contribution in [0.1, 0.15) is 59.9 Å². The molecule has 29 heavy (non-hydrogen) atoms. The highest BCUT2D eigenvalue weighted by Gasteiger charge is 2.25. The van der Waals surface area contributed by atoms with Crippen LogP contribution in [0.5, 0.6) is 5.75 Å². The second-order valence-corrected chi connectivity index (χ2v) is 8.84. The summed E-state index contributed by atoms with van der Waals surface area (Å²) >= 11 is 0. The first-order valence-electron chi connectivity index (χ1n) is 11.4. The second-order valence-electron chi connectivity index (χ2n) is 8.84. The van der Waals surface area contributed by atoms with E-state index in [1.807, 2.05) is 7.11 Å². The summed E-state index contributed by atoms with van der Waals surface area (Å²) in [4.78, 5) is 2.56. The van der Waals surface area contributed by atoms with Gasteiger partial charge in [0.05, 0.1) is 7.11 Å². The van der Waals surface area contributed by atoms with Crippen molar-refractivity contribution in [2.45, 2.75) is 64.0 Å². The monoisotopic (exact) mass is 395 g/mol.